The second-order valence-corrected chi connectivity index (χ2v) is 12.3. The van der Waals surface area contributed by atoms with Crippen LogP contribution >= 0.6 is 0 Å². The minimum atomic E-state index is -0.161. The molecule has 2 unspecified atom stereocenters. The Balaban J connectivity index is 2.65. The van der Waals surface area contributed by atoms with Crippen LogP contribution in [0.5, 0.6) is 11.5 Å². The third kappa shape index (κ3) is 13.7. The molecule has 0 aliphatic rings. The first-order valence-corrected chi connectivity index (χ1v) is 15.6. The predicted molar refractivity (Wildman–Crippen MR) is 164 cm³/mol. The molecule has 0 fully saturated rings. The van der Waals surface area contributed by atoms with Crippen molar-refractivity contribution in [2.45, 2.75) is 133 Å². The van der Waals surface area contributed by atoms with Crippen molar-refractivity contribution in [2.24, 2.45) is 17.8 Å². The lowest BCUT2D eigenvalue weighted by atomic mass is 9.92. The van der Waals surface area contributed by atoms with Crippen molar-refractivity contribution < 1.29 is 19.1 Å². The summed E-state index contributed by atoms with van der Waals surface area (Å²) in [6.07, 6.45) is 12.1. The number of benzene rings is 1. The van der Waals surface area contributed by atoms with Gasteiger partial charge in [-0.05, 0) is 81.4 Å². The Morgan fingerprint density at radius 2 is 1.36 bits per heavy atom. The Labute approximate surface area is 240 Å². The highest BCUT2D eigenvalue weighted by Crippen LogP contribution is 2.39. The van der Waals surface area contributed by atoms with Gasteiger partial charge in [-0.15, -0.1) is 0 Å². The normalized spacial score (nSPS) is 12.9. The van der Waals surface area contributed by atoms with Crippen LogP contribution in [0.25, 0.3) is 0 Å². The van der Waals surface area contributed by atoms with E-state index < -0.39 is 0 Å². The zero-order valence-corrected chi connectivity index (χ0v) is 26.8. The number of Topliss-reactive ketones (excluding diaryl/α,β-unsaturated/α-hetero) is 1. The molecular weight excluding hydrogens is 486 g/mol. The van der Waals surface area contributed by atoms with E-state index in [1.807, 2.05) is 0 Å². The van der Waals surface area contributed by atoms with Crippen LogP contribution in [-0.4, -0.2) is 31.4 Å². The summed E-state index contributed by atoms with van der Waals surface area (Å²) in [5, 5.41) is 2.84. The van der Waals surface area contributed by atoms with Gasteiger partial charge in [0, 0.05) is 18.5 Å². The Morgan fingerprint density at radius 1 is 0.769 bits per heavy atom. The summed E-state index contributed by atoms with van der Waals surface area (Å²) in [6, 6.07) is 0. The van der Waals surface area contributed by atoms with Crippen molar-refractivity contribution >= 4 is 11.7 Å². The zero-order valence-electron chi connectivity index (χ0n) is 26.8. The standard InChI is InChI=1S/C34H59NO4/c1-10-14-31-30(9)33(39-23-32(37)35-21-13-19-27(6)36)28(7)29(8)34(31)38-22-20-26(5)18-12-17-25(4)16-11-15-24(2)3/h24-26H,10-23H2,1-9H3,(H,35,37). The Hall–Kier alpha value is -2.04. The summed E-state index contributed by atoms with van der Waals surface area (Å²) in [6.45, 7) is 20.6. The van der Waals surface area contributed by atoms with Gasteiger partial charge in [0.15, 0.2) is 6.61 Å². The molecule has 0 saturated carbocycles. The number of ketones is 1. The van der Waals surface area contributed by atoms with Gasteiger partial charge >= 0.3 is 0 Å². The zero-order chi connectivity index (χ0) is 29.4. The lowest BCUT2D eigenvalue weighted by Gasteiger charge is -2.23. The molecule has 0 aromatic heterocycles. The topological polar surface area (TPSA) is 64.6 Å². The third-order valence-electron chi connectivity index (χ3n) is 7.92. The van der Waals surface area contributed by atoms with Crippen LogP contribution in [-0.2, 0) is 16.0 Å². The van der Waals surface area contributed by atoms with Crippen LogP contribution in [0.15, 0.2) is 0 Å². The average Bonchev–Trinajstić information content (AvgIpc) is 2.86. The molecule has 0 aliphatic heterocycles. The van der Waals surface area contributed by atoms with Crippen molar-refractivity contribution in [1.29, 1.82) is 0 Å². The molecule has 5 heteroatoms. The van der Waals surface area contributed by atoms with Crippen LogP contribution in [0, 0.1) is 38.5 Å². The highest BCUT2D eigenvalue weighted by atomic mass is 16.5. The predicted octanol–water partition coefficient (Wildman–Crippen LogP) is 8.47. The molecular formula is C34H59NO4. The van der Waals surface area contributed by atoms with Gasteiger partial charge in [0.25, 0.3) is 5.91 Å². The minimum absolute atomic E-state index is 0.0270. The number of amides is 1. The molecule has 0 radical (unpaired) electrons. The molecule has 1 N–H and O–H groups in total. The fourth-order valence-corrected chi connectivity index (χ4v) is 5.21. The monoisotopic (exact) mass is 545 g/mol. The summed E-state index contributed by atoms with van der Waals surface area (Å²) in [7, 11) is 0. The number of ether oxygens (including phenoxy) is 2. The molecule has 2 atom stereocenters. The Kier molecular flexibility index (Phi) is 17.1. The number of carbonyl (C=O) groups is 2. The van der Waals surface area contributed by atoms with Crippen LogP contribution in [0.3, 0.4) is 0 Å². The molecule has 1 aromatic rings. The SMILES string of the molecule is CCCc1c(C)c(OCC(=O)NCCCC(C)=O)c(C)c(C)c1OCCC(C)CCCC(C)CCCC(C)C. The molecule has 0 saturated heterocycles. The summed E-state index contributed by atoms with van der Waals surface area (Å²) in [5.74, 6) is 4.07. The van der Waals surface area contributed by atoms with E-state index in [1.54, 1.807) is 6.92 Å². The second kappa shape index (κ2) is 19.1. The maximum Gasteiger partial charge on any atom is 0.257 e. The lowest BCUT2D eigenvalue weighted by Crippen LogP contribution is -2.30. The van der Waals surface area contributed by atoms with Gasteiger partial charge in [-0.1, -0.05) is 79.6 Å². The quantitative estimate of drug-likeness (QED) is 0.157. The maximum atomic E-state index is 12.3. The van der Waals surface area contributed by atoms with Gasteiger partial charge in [-0.3, -0.25) is 4.79 Å². The number of nitrogens with one attached hydrogen (secondary N) is 1. The van der Waals surface area contributed by atoms with E-state index in [-0.39, 0.29) is 18.3 Å². The highest BCUT2D eigenvalue weighted by molar-refractivity contribution is 5.78. The molecule has 0 heterocycles. The van der Waals surface area contributed by atoms with Gasteiger partial charge in [-0.2, -0.15) is 0 Å². The molecule has 1 amide bonds. The first-order chi connectivity index (χ1) is 18.5. The molecule has 0 bridgehead atoms. The maximum absolute atomic E-state index is 12.3. The van der Waals surface area contributed by atoms with Crippen LogP contribution in [0.1, 0.15) is 128 Å². The second-order valence-electron chi connectivity index (χ2n) is 12.3. The van der Waals surface area contributed by atoms with E-state index in [1.165, 1.54) is 44.1 Å². The van der Waals surface area contributed by atoms with E-state index in [0.717, 1.165) is 65.9 Å². The molecule has 1 rings (SSSR count). The van der Waals surface area contributed by atoms with Crippen molar-refractivity contribution in [3.8, 4) is 11.5 Å². The fraction of sp³-hybridized carbons (Fsp3) is 0.765. The summed E-state index contributed by atoms with van der Waals surface area (Å²) in [5.41, 5.74) is 4.40. The van der Waals surface area contributed by atoms with Gasteiger partial charge in [-0.25, -0.2) is 0 Å². The van der Waals surface area contributed by atoms with E-state index in [2.05, 4.69) is 60.7 Å². The van der Waals surface area contributed by atoms with E-state index in [0.29, 0.717) is 25.3 Å². The lowest BCUT2D eigenvalue weighted by molar-refractivity contribution is -0.123. The fourth-order valence-electron chi connectivity index (χ4n) is 5.21. The van der Waals surface area contributed by atoms with Gasteiger partial charge < -0.3 is 19.6 Å². The smallest absolute Gasteiger partial charge is 0.257 e. The number of hydrogen-bond donors (Lipinski definition) is 1. The van der Waals surface area contributed by atoms with Crippen molar-refractivity contribution in [3.05, 3.63) is 22.3 Å². The van der Waals surface area contributed by atoms with Crippen molar-refractivity contribution in [1.82, 2.24) is 5.32 Å². The molecule has 1 aromatic carbocycles. The summed E-state index contributed by atoms with van der Waals surface area (Å²) in [4.78, 5) is 23.4. The van der Waals surface area contributed by atoms with Crippen LogP contribution in [0.4, 0.5) is 0 Å². The van der Waals surface area contributed by atoms with Crippen molar-refractivity contribution in [2.75, 3.05) is 19.8 Å². The van der Waals surface area contributed by atoms with E-state index in [4.69, 9.17) is 9.47 Å². The van der Waals surface area contributed by atoms with Crippen LogP contribution < -0.4 is 14.8 Å². The first-order valence-electron chi connectivity index (χ1n) is 15.6. The van der Waals surface area contributed by atoms with E-state index >= 15 is 0 Å². The molecule has 224 valence electrons. The van der Waals surface area contributed by atoms with Gasteiger partial charge in [0.1, 0.15) is 17.3 Å². The Bertz CT molecular complexity index is 877. The van der Waals surface area contributed by atoms with Gasteiger partial charge in [0.2, 0.25) is 0 Å². The molecule has 0 spiro atoms. The summed E-state index contributed by atoms with van der Waals surface area (Å²) >= 11 is 0. The number of hydrogen-bond acceptors (Lipinski definition) is 4. The largest absolute Gasteiger partial charge is 0.493 e. The number of rotatable bonds is 21. The van der Waals surface area contributed by atoms with Crippen LogP contribution in [0.2, 0.25) is 0 Å². The van der Waals surface area contributed by atoms with Crippen molar-refractivity contribution in [3.63, 3.8) is 0 Å². The minimum Gasteiger partial charge on any atom is -0.493 e. The van der Waals surface area contributed by atoms with Gasteiger partial charge in [0.05, 0.1) is 6.61 Å². The molecule has 0 aliphatic carbocycles. The number of carbonyl (C=O) groups excluding carboxylic acids is 2. The molecule has 5 nitrogen and oxygen atoms in total. The third-order valence-corrected chi connectivity index (χ3v) is 7.92. The Morgan fingerprint density at radius 3 is 1.95 bits per heavy atom. The first kappa shape index (κ1) is 35.0. The molecule has 39 heavy (non-hydrogen) atoms. The highest BCUT2D eigenvalue weighted by Gasteiger charge is 2.20. The summed E-state index contributed by atoms with van der Waals surface area (Å²) < 4.78 is 12.5. The van der Waals surface area contributed by atoms with E-state index in [9.17, 15) is 9.59 Å². The average molecular weight is 546 g/mol.